The maximum absolute atomic E-state index is 11.9. The monoisotopic (exact) mass is 220 g/mol. The maximum atomic E-state index is 11.9. The van der Waals surface area contributed by atoms with E-state index in [1.54, 1.807) is 6.07 Å². The van der Waals surface area contributed by atoms with Gasteiger partial charge in [0.05, 0.1) is 10.8 Å². The molecule has 3 N–H and O–H groups in total. The molecule has 2 aromatic heterocycles. The summed E-state index contributed by atoms with van der Waals surface area (Å²) >= 11 is 0. The summed E-state index contributed by atoms with van der Waals surface area (Å²) in [7, 11) is 0. The Balaban J connectivity index is 2.66. The first-order valence-electron chi connectivity index (χ1n) is 5.01. The van der Waals surface area contributed by atoms with E-state index in [1.165, 1.54) is 17.1 Å². The third kappa shape index (κ3) is 1.74. The van der Waals surface area contributed by atoms with Crippen LogP contribution < -0.4 is 16.9 Å². The van der Waals surface area contributed by atoms with Crippen molar-refractivity contribution in [1.29, 1.82) is 0 Å². The Bertz CT molecular complexity index is 614. The highest BCUT2D eigenvalue weighted by Gasteiger charge is 2.05. The van der Waals surface area contributed by atoms with E-state index in [0.29, 0.717) is 30.3 Å². The second kappa shape index (κ2) is 4.28. The van der Waals surface area contributed by atoms with Gasteiger partial charge >= 0.3 is 0 Å². The number of pyridine rings is 1. The van der Waals surface area contributed by atoms with Crippen LogP contribution in [-0.2, 0) is 6.54 Å². The molecule has 0 aliphatic heterocycles. The van der Waals surface area contributed by atoms with E-state index in [-0.39, 0.29) is 11.1 Å². The van der Waals surface area contributed by atoms with E-state index in [2.05, 4.69) is 10.1 Å². The first-order chi connectivity index (χ1) is 7.74. The topological polar surface area (TPSA) is 93.8 Å². The predicted molar refractivity (Wildman–Crippen MR) is 60.3 cm³/mol. The normalized spacial score (nSPS) is 10.8. The molecule has 2 aromatic rings. The van der Waals surface area contributed by atoms with Crippen LogP contribution >= 0.6 is 0 Å². The number of nitrogens with one attached hydrogen (secondary N) is 1. The van der Waals surface area contributed by atoms with E-state index in [4.69, 9.17) is 5.73 Å². The molecule has 0 saturated heterocycles. The number of fused-ring (bicyclic) bond motifs is 1. The summed E-state index contributed by atoms with van der Waals surface area (Å²) in [5, 5.41) is 3.21. The minimum absolute atomic E-state index is 0.217. The molecule has 2 rings (SSSR count). The van der Waals surface area contributed by atoms with Crippen molar-refractivity contribution < 1.29 is 0 Å². The molecule has 6 nitrogen and oxygen atoms in total. The predicted octanol–water partition coefficient (Wildman–Crippen LogP) is -0.566. The van der Waals surface area contributed by atoms with Crippen molar-refractivity contribution in [2.75, 3.05) is 6.54 Å². The summed E-state index contributed by atoms with van der Waals surface area (Å²) in [4.78, 5) is 27.4. The van der Waals surface area contributed by atoms with Crippen LogP contribution in [0.15, 0.2) is 28.0 Å². The fourth-order valence-electron chi connectivity index (χ4n) is 1.55. The SMILES string of the molecule is NCCCn1[nH]c(=O)c2cnccc2c1=O. The van der Waals surface area contributed by atoms with E-state index >= 15 is 0 Å². The van der Waals surface area contributed by atoms with Gasteiger partial charge < -0.3 is 5.73 Å². The van der Waals surface area contributed by atoms with E-state index in [9.17, 15) is 9.59 Å². The van der Waals surface area contributed by atoms with Gasteiger partial charge in [-0.1, -0.05) is 0 Å². The van der Waals surface area contributed by atoms with Gasteiger partial charge in [-0.05, 0) is 19.0 Å². The molecule has 0 unspecified atom stereocenters. The van der Waals surface area contributed by atoms with Crippen LogP contribution in [0.3, 0.4) is 0 Å². The fraction of sp³-hybridized carbons (Fsp3) is 0.300. The van der Waals surface area contributed by atoms with Gasteiger partial charge in [0.1, 0.15) is 0 Å². The van der Waals surface area contributed by atoms with Gasteiger partial charge in [0.25, 0.3) is 11.1 Å². The zero-order chi connectivity index (χ0) is 11.5. The fourth-order valence-corrected chi connectivity index (χ4v) is 1.55. The second-order valence-corrected chi connectivity index (χ2v) is 3.46. The van der Waals surface area contributed by atoms with Crippen molar-refractivity contribution in [3.8, 4) is 0 Å². The largest absolute Gasteiger partial charge is 0.330 e. The van der Waals surface area contributed by atoms with Crippen molar-refractivity contribution in [3.05, 3.63) is 39.2 Å². The van der Waals surface area contributed by atoms with Gasteiger partial charge in [-0.3, -0.25) is 19.7 Å². The second-order valence-electron chi connectivity index (χ2n) is 3.46. The highest BCUT2D eigenvalue weighted by atomic mass is 16.2. The summed E-state index contributed by atoms with van der Waals surface area (Å²) in [6, 6.07) is 1.55. The number of rotatable bonds is 3. The van der Waals surface area contributed by atoms with Crippen LogP contribution in [0, 0.1) is 0 Å². The van der Waals surface area contributed by atoms with E-state index in [0.717, 1.165) is 0 Å². The molecule has 16 heavy (non-hydrogen) atoms. The number of aromatic amines is 1. The zero-order valence-electron chi connectivity index (χ0n) is 8.64. The molecule has 84 valence electrons. The number of hydrogen-bond acceptors (Lipinski definition) is 4. The third-order valence-corrected chi connectivity index (χ3v) is 2.36. The Morgan fingerprint density at radius 3 is 2.94 bits per heavy atom. The third-order valence-electron chi connectivity index (χ3n) is 2.36. The Morgan fingerprint density at radius 2 is 2.19 bits per heavy atom. The van der Waals surface area contributed by atoms with Gasteiger partial charge in [-0.2, -0.15) is 0 Å². The minimum Gasteiger partial charge on any atom is -0.330 e. The number of H-pyrrole nitrogens is 1. The number of aromatic nitrogens is 3. The van der Waals surface area contributed by atoms with E-state index in [1.807, 2.05) is 0 Å². The standard InChI is InChI=1S/C10H12N4O2/c11-3-1-5-14-10(16)7-2-4-12-6-8(7)9(15)13-14/h2,4,6H,1,3,5,11H2,(H,13,15). The Morgan fingerprint density at radius 1 is 1.38 bits per heavy atom. The van der Waals surface area contributed by atoms with Crippen LogP contribution in [0.5, 0.6) is 0 Å². The van der Waals surface area contributed by atoms with Crippen molar-refractivity contribution in [3.63, 3.8) is 0 Å². The average Bonchev–Trinajstić information content (AvgIpc) is 2.32. The lowest BCUT2D eigenvalue weighted by Crippen LogP contribution is -2.30. The minimum atomic E-state index is -0.306. The number of hydrogen-bond donors (Lipinski definition) is 2. The van der Waals surface area contributed by atoms with Crippen molar-refractivity contribution in [2.45, 2.75) is 13.0 Å². The van der Waals surface area contributed by atoms with Crippen molar-refractivity contribution >= 4 is 10.8 Å². The molecule has 0 saturated carbocycles. The summed E-state index contributed by atoms with van der Waals surface area (Å²) < 4.78 is 1.29. The smallest absolute Gasteiger partial charge is 0.273 e. The number of nitrogens with two attached hydrogens (primary N) is 1. The molecular weight excluding hydrogens is 208 g/mol. The first-order valence-corrected chi connectivity index (χ1v) is 5.01. The van der Waals surface area contributed by atoms with Crippen molar-refractivity contribution in [1.82, 2.24) is 14.8 Å². The van der Waals surface area contributed by atoms with Crippen LogP contribution in [-0.4, -0.2) is 21.3 Å². The Kier molecular flexibility index (Phi) is 2.82. The number of aryl methyl sites for hydroxylation is 1. The van der Waals surface area contributed by atoms with Crippen LogP contribution in [0.25, 0.3) is 10.8 Å². The molecule has 0 aliphatic carbocycles. The van der Waals surface area contributed by atoms with Crippen molar-refractivity contribution in [2.24, 2.45) is 5.73 Å². The molecule has 0 atom stereocenters. The van der Waals surface area contributed by atoms with Gasteiger partial charge in [0, 0.05) is 18.9 Å². The lowest BCUT2D eigenvalue weighted by atomic mass is 10.2. The van der Waals surface area contributed by atoms with Gasteiger partial charge in [0.2, 0.25) is 0 Å². The molecular formula is C10H12N4O2. The quantitative estimate of drug-likeness (QED) is 0.724. The summed E-state index contributed by atoms with van der Waals surface area (Å²) in [6.45, 7) is 0.895. The molecule has 0 fully saturated rings. The summed E-state index contributed by atoms with van der Waals surface area (Å²) in [6.07, 6.45) is 3.53. The van der Waals surface area contributed by atoms with Gasteiger partial charge in [-0.25, -0.2) is 4.68 Å². The van der Waals surface area contributed by atoms with Crippen LogP contribution in [0.4, 0.5) is 0 Å². The molecule has 2 heterocycles. The zero-order valence-corrected chi connectivity index (χ0v) is 8.64. The van der Waals surface area contributed by atoms with Crippen LogP contribution in [0.2, 0.25) is 0 Å². The lowest BCUT2D eigenvalue weighted by molar-refractivity contribution is 0.552. The van der Waals surface area contributed by atoms with Gasteiger partial charge in [-0.15, -0.1) is 0 Å². The molecule has 0 bridgehead atoms. The highest BCUT2D eigenvalue weighted by Crippen LogP contribution is 1.99. The summed E-state index contributed by atoms with van der Waals surface area (Å²) in [5.74, 6) is 0. The van der Waals surface area contributed by atoms with E-state index < -0.39 is 0 Å². The number of nitrogens with zero attached hydrogens (tertiary/aromatic N) is 2. The average molecular weight is 220 g/mol. The molecule has 0 spiro atoms. The molecule has 6 heteroatoms. The Labute approximate surface area is 90.7 Å². The van der Waals surface area contributed by atoms with Gasteiger partial charge in [0.15, 0.2) is 0 Å². The highest BCUT2D eigenvalue weighted by molar-refractivity contribution is 5.79. The van der Waals surface area contributed by atoms with Crippen LogP contribution in [0.1, 0.15) is 6.42 Å². The lowest BCUT2D eigenvalue weighted by Gasteiger charge is -2.05. The molecule has 0 amide bonds. The molecule has 0 radical (unpaired) electrons. The molecule has 0 aliphatic rings. The maximum Gasteiger partial charge on any atom is 0.273 e. The Hall–Kier alpha value is -1.95. The molecule has 0 aromatic carbocycles. The summed E-state index contributed by atoms with van der Waals surface area (Å²) in [5.41, 5.74) is 4.84. The first kappa shape index (κ1) is 10.6.